The number of hydrogen-bond donors (Lipinski definition) is 2. The molecule has 0 aromatic carbocycles. The lowest BCUT2D eigenvalue weighted by molar-refractivity contribution is 0.0690. The Bertz CT molecular complexity index is 400. The van der Waals surface area contributed by atoms with E-state index in [0.29, 0.717) is 11.9 Å². The van der Waals surface area contributed by atoms with Crippen molar-refractivity contribution in [2.75, 3.05) is 5.32 Å². The van der Waals surface area contributed by atoms with Gasteiger partial charge < -0.3 is 10.4 Å². The Kier molecular flexibility index (Phi) is 3.14. The van der Waals surface area contributed by atoms with Gasteiger partial charge in [0.25, 0.3) is 0 Å². The van der Waals surface area contributed by atoms with Crippen LogP contribution < -0.4 is 5.32 Å². The standard InChI is InChI=1S/C11H13N3O2/c15-11(16)9-6-13-10(7-12-9)14-8-4-2-1-3-5-8/h1-2,6-8H,3-5H2,(H,13,14)(H,15,16). The monoisotopic (exact) mass is 219 g/mol. The highest BCUT2D eigenvalue weighted by molar-refractivity contribution is 5.84. The van der Waals surface area contributed by atoms with Crippen molar-refractivity contribution < 1.29 is 9.90 Å². The molecule has 2 N–H and O–H groups in total. The van der Waals surface area contributed by atoms with Crippen molar-refractivity contribution in [3.05, 3.63) is 30.2 Å². The quantitative estimate of drug-likeness (QED) is 0.757. The first-order valence-corrected chi connectivity index (χ1v) is 5.22. The molecule has 1 unspecified atom stereocenters. The van der Waals surface area contributed by atoms with Gasteiger partial charge in [0.15, 0.2) is 5.69 Å². The molecule has 5 heteroatoms. The summed E-state index contributed by atoms with van der Waals surface area (Å²) in [5.41, 5.74) is -0.0333. The molecule has 1 aliphatic rings. The van der Waals surface area contributed by atoms with Gasteiger partial charge in [0, 0.05) is 6.04 Å². The topological polar surface area (TPSA) is 75.1 Å². The van der Waals surface area contributed by atoms with Crippen LogP contribution in [-0.4, -0.2) is 27.1 Å². The third kappa shape index (κ3) is 2.56. The predicted octanol–water partition coefficient (Wildman–Crippen LogP) is 1.70. The molecule has 16 heavy (non-hydrogen) atoms. The number of nitrogens with one attached hydrogen (secondary N) is 1. The average molecular weight is 219 g/mol. The fraction of sp³-hybridized carbons (Fsp3) is 0.364. The Morgan fingerprint density at radius 1 is 1.38 bits per heavy atom. The Morgan fingerprint density at radius 2 is 2.25 bits per heavy atom. The largest absolute Gasteiger partial charge is 0.476 e. The first-order chi connectivity index (χ1) is 7.75. The van der Waals surface area contributed by atoms with Gasteiger partial charge in [-0.05, 0) is 19.3 Å². The third-order valence-corrected chi connectivity index (χ3v) is 2.49. The number of carboxylic acids is 1. The van der Waals surface area contributed by atoms with Gasteiger partial charge in [0.05, 0.1) is 12.4 Å². The molecule has 0 fully saturated rings. The highest BCUT2D eigenvalue weighted by atomic mass is 16.4. The van der Waals surface area contributed by atoms with Crippen LogP contribution >= 0.6 is 0 Å². The molecule has 0 bridgehead atoms. The van der Waals surface area contributed by atoms with E-state index in [2.05, 4.69) is 27.4 Å². The van der Waals surface area contributed by atoms with Crippen LogP contribution in [-0.2, 0) is 0 Å². The molecule has 0 saturated carbocycles. The summed E-state index contributed by atoms with van der Waals surface area (Å²) in [7, 11) is 0. The van der Waals surface area contributed by atoms with Gasteiger partial charge in [-0.3, -0.25) is 0 Å². The van der Waals surface area contributed by atoms with Gasteiger partial charge in [-0.1, -0.05) is 12.2 Å². The Morgan fingerprint density at radius 3 is 2.81 bits per heavy atom. The molecule has 0 radical (unpaired) electrons. The molecule has 0 saturated heterocycles. The zero-order valence-corrected chi connectivity index (χ0v) is 8.76. The summed E-state index contributed by atoms with van der Waals surface area (Å²) < 4.78 is 0. The maximum Gasteiger partial charge on any atom is 0.356 e. The van der Waals surface area contributed by atoms with Crippen molar-refractivity contribution in [3.63, 3.8) is 0 Å². The number of allylic oxidation sites excluding steroid dienone is 1. The Labute approximate surface area is 93.2 Å². The molecular weight excluding hydrogens is 206 g/mol. The van der Waals surface area contributed by atoms with Crippen LogP contribution in [0.25, 0.3) is 0 Å². The summed E-state index contributed by atoms with van der Waals surface area (Å²) in [5, 5.41) is 11.9. The molecule has 5 nitrogen and oxygen atoms in total. The first-order valence-electron chi connectivity index (χ1n) is 5.22. The molecule has 0 aliphatic heterocycles. The first kappa shape index (κ1) is 10.6. The maximum atomic E-state index is 10.6. The number of nitrogens with zero attached hydrogens (tertiary/aromatic N) is 2. The van der Waals surface area contributed by atoms with Gasteiger partial charge in [-0.2, -0.15) is 0 Å². The molecule has 1 heterocycles. The van der Waals surface area contributed by atoms with E-state index in [1.54, 1.807) is 0 Å². The van der Waals surface area contributed by atoms with Crippen LogP contribution in [0.1, 0.15) is 29.8 Å². The smallest absolute Gasteiger partial charge is 0.356 e. The average Bonchev–Trinajstić information content (AvgIpc) is 2.31. The summed E-state index contributed by atoms with van der Waals surface area (Å²) in [4.78, 5) is 18.4. The number of carboxylic acid groups (broad SMARTS) is 1. The fourth-order valence-corrected chi connectivity index (χ4v) is 1.65. The van der Waals surface area contributed by atoms with Crippen molar-refractivity contribution in [2.45, 2.75) is 25.3 Å². The Balaban J connectivity index is 1.99. The van der Waals surface area contributed by atoms with Crippen molar-refractivity contribution in [3.8, 4) is 0 Å². The highest BCUT2D eigenvalue weighted by Crippen LogP contribution is 2.15. The number of aromatic carboxylic acids is 1. The van der Waals surface area contributed by atoms with Crippen molar-refractivity contribution in [1.82, 2.24) is 9.97 Å². The highest BCUT2D eigenvalue weighted by Gasteiger charge is 2.11. The predicted molar refractivity (Wildman–Crippen MR) is 59.4 cm³/mol. The Hall–Kier alpha value is -1.91. The van der Waals surface area contributed by atoms with E-state index in [9.17, 15) is 4.79 Å². The molecule has 1 aromatic rings. The van der Waals surface area contributed by atoms with E-state index in [1.165, 1.54) is 12.4 Å². The van der Waals surface area contributed by atoms with Gasteiger partial charge in [0.1, 0.15) is 5.82 Å². The summed E-state index contributed by atoms with van der Waals surface area (Å²) >= 11 is 0. The van der Waals surface area contributed by atoms with Crippen molar-refractivity contribution in [1.29, 1.82) is 0 Å². The van der Waals surface area contributed by atoms with Gasteiger partial charge in [0.2, 0.25) is 0 Å². The lowest BCUT2D eigenvalue weighted by Crippen LogP contribution is -2.21. The molecule has 0 spiro atoms. The molecule has 0 amide bonds. The lowest BCUT2D eigenvalue weighted by atomic mass is 10.0. The van der Waals surface area contributed by atoms with Gasteiger partial charge in [-0.25, -0.2) is 14.8 Å². The van der Waals surface area contributed by atoms with Crippen LogP contribution in [0, 0.1) is 0 Å². The van der Waals surface area contributed by atoms with E-state index in [0.717, 1.165) is 19.3 Å². The molecule has 1 aromatic heterocycles. The summed E-state index contributed by atoms with van der Waals surface area (Å²) in [5.74, 6) is -0.426. The number of anilines is 1. The van der Waals surface area contributed by atoms with E-state index in [-0.39, 0.29) is 5.69 Å². The van der Waals surface area contributed by atoms with Crippen LogP contribution in [0.2, 0.25) is 0 Å². The number of hydrogen-bond acceptors (Lipinski definition) is 4. The molecule has 1 atom stereocenters. The van der Waals surface area contributed by atoms with E-state index >= 15 is 0 Å². The van der Waals surface area contributed by atoms with E-state index in [4.69, 9.17) is 5.11 Å². The summed E-state index contributed by atoms with van der Waals surface area (Å²) in [6.45, 7) is 0. The molecule has 84 valence electrons. The summed E-state index contributed by atoms with van der Waals surface area (Å²) in [6.07, 6.45) is 10.1. The SMILES string of the molecule is O=C(O)c1cnc(NC2CC=CCC2)cn1. The minimum absolute atomic E-state index is 0.0333. The molecular formula is C11H13N3O2. The molecule has 2 rings (SSSR count). The zero-order valence-electron chi connectivity index (χ0n) is 8.76. The maximum absolute atomic E-state index is 10.6. The van der Waals surface area contributed by atoms with E-state index in [1.807, 2.05) is 0 Å². The zero-order chi connectivity index (χ0) is 11.4. The van der Waals surface area contributed by atoms with Gasteiger partial charge in [-0.15, -0.1) is 0 Å². The van der Waals surface area contributed by atoms with Gasteiger partial charge >= 0.3 is 5.97 Å². The lowest BCUT2D eigenvalue weighted by Gasteiger charge is -2.19. The number of rotatable bonds is 3. The summed E-state index contributed by atoms with van der Waals surface area (Å²) in [6, 6.07) is 0.370. The second kappa shape index (κ2) is 4.74. The van der Waals surface area contributed by atoms with Crippen LogP contribution in [0.15, 0.2) is 24.5 Å². The fourth-order valence-electron chi connectivity index (χ4n) is 1.65. The third-order valence-electron chi connectivity index (χ3n) is 2.49. The second-order valence-corrected chi connectivity index (χ2v) is 3.72. The normalized spacial score (nSPS) is 19.4. The van der Waals surface area contributed by atoms with E-state index < -0.39 is 5.97 Å². The van der Waals surface area contributed by atoms with Crippen molar-refractivity contribution in [2.24, 2.45) is 0 Å². The second-order valence-electron chi connectivity index (χ2n) is 3.72. The minimum Gasteiger partial charge on any atom is -0.476 e. The number of carbonyl (C=O) groups is 1. The molecule has 1 aliphatic carbocycles. The van der Waals surface area contributed by atoms with Crippen LogP contribution in [0.4, 0.5) is 5.82 Å². The van der Waals surface area contributed by atoms with Crippen LogP contribution in [0.5, 0.6) is 0 Å². The van der Waals surface area contributed by atoms with Crippen molar-refractivity contribution >= 4 is 11.8 Å². The van der Waals surface area contributed by atoms with Crippen LogP contribution in [0.3, 0.4) is 0 Å². The minimum atomic E-state index is -1.06. The number of aromatic nitrogens is 2.